The van der Waals surface area contributed by atoms with Crippen LogP contribution in [-0.4, -0.2) is 0 Å². The summed E-state index contributed by atoms with van der Waals surface area (Å²) in [7, 11) is 0. The van der Waals surface area contributed by atoms with E-state index in [1.807, 2.05) is 24.3 Å². The van der Waals surface area contributed by atoms with Crippen molar-refractivity contribution in [3.05, 3.63) is 64.4 Å². The Bertz CT molecular complexity index is 494. The van der Waals surface area contributed by atoms with E-state index in [0.717, 1.165) is 11.1 Å². The van der Waals surface area contributed by atoms with E-state index < -0.39 is 0 Å². The van der Waals surface area contributed by atoms with Crippen LogP contribution in [0.25, 0.3) is 0 Å². The minimum Gasteiger partial charge on any atom is -0.398 e. The van der Waals surface area contributed by atoms with Gasteiger partial charge in [-0.2, -0.15) is 0 Å². The van der Waals surface area contributed by atoms with E-state index in [-0.39, 0.29) is 5.82 Å². The van der Waals surface area contributed by atoms with Crippen molar-refractivity contribution < 1.29 is 4.39 Å². The molecule has 0 radical (unpaired) electrons. The zero-order valence-electron chi connectivity index (χ0n) is 8.58. The van der Waals surface area contributed by atoms with Crippen molar-refractivity contribution in [3.8, 4) is 0 Å². The molecule has 82 valence electrons. The number of halogens is 2. The molecule has 0 bridgehead atoms. The van der Waals surface area contributed by atoms with Gasteiger partial charge in [0.2, 0.25) is 0 Å². The first-order valence-electron chi connectivity index (χ1n) is 4.93. The van der Waals surface area contributed by atoms with Gasteiger partial charge in [-0.25, -0.2) is 4.39 Å². The van der Waals surface area contributed by atoms with E-state index in [0.29, 0.717) is 17.1 Å². The van der Waals surface area contributed by atoms with E-state index in [1.54, 1.807) is 6.07 Å². The molecule has 0 fully saturated rings. The van der Waals surface area contributed by atoms with Crippen molar-refractivity contribution in [2.45, 2.75) is 6.42 Å². The molecule has 1 nitrogen and oxygen atoms in total. The molecule has 0 saturated heterocycles. The van der Waals surface area contributed by atoms with Crippen molar-refractivity contribution in [1.82, 2.24) is 0 Å². The summed E-state index contributed by atoms with van der Waals surface area (Å²) in [5.41, 5.74) is 8.23. The lowest BCUT2D eigenvalue weighted by Gasteiger charge is -2.06. The van der Waals surface area contributed by atoms with Crippen molar-refractivity contribution in [1.29, 1.82) is 0 Å². The van der Waals surface area contributed by atoms with Gasteiger partial charge in [0.05, 0.1) is 0 Å². The highest BCUT2D eigenvalue weighted by Crippen LogP contribution is 2.19. The summed E-state index contributed by atoms with van der Waals surface area (Å²) in [5, 5.41) is 0.691. The summed E-state index contributed by atoms with van der Waals surface area (Å²) in [6, 6.07) is 11.9. The second-order valence-corrected chi connectivity index (χ2v) is 4.08. The van der Waals surface area contributed by atoms with Gasteiger partial charge in [0, 0.05) is 10.7 Å². The Kier molecular flexibility index (Phi) is 3.11. The van der Waals surface area contributed by atoms with Gasteiger partial charge in [-0.3, -0.25) is 0 Å². The van der Waals surface area contributed by atoms with Gasteiger partial charge in [0.25, 0.3) is 0 Å². The first-order chi connectivity index (χ1) is 7.65. The average Bonchev–Trinajstić information content (AvgIpc) is 2.27. The molecule has 2 aromatic rings. The minimum atomic E-state index is -0.266. The fourth-order valence-electron chi connectivity index (χ4n) is 1.55. The SMILES string of the molecule is Nc1ccc(F)cc1Cc1ccc(Cl)cc1. The molecular formula is C13H11ClFN. The zero-order valence-corrected chi connectivity index (χ0v) is 9.34. The minimum absolute atomic E-state index is 0.266. The number of nitrogen functional groups attached to an aromatic ring is 1. The molecule has 2 rings (SSSR count). The Morgan fingerprint density at radius 1 is 1.06 bits per heavy atom. The molecule has 0 unspecified atom stereocenters. The second-order valence-electron chi connectivity index (χ2n) is 3.65. The Labute approximate surface area is 98.7 Å². The molecule has 0 amide bonds. The van der Waals surface area contributed by atoms with Crippen LogP contribution in [-0.2, 0) is 6.42 Å². The summed E-state index contributed by atoms with van der Waals surface area (Å²) in [6.45, 7) is 0. The lowest BCUT2D eigenvalue weighted by molar-refractivity contribution is 0.626. The second kappa shape index (κ2) is 4.54. The zero-order chi connectivity index (χ0) is 11.5. The topological polar surface area (TPSA) is 26.0 Å². The van der Waals surface area contributed by atoms with Gasteiger partial charge < -0.3 is 5.73 Å². The predicted molar refractivity (Wildman–Crippen MR) is 65.1 cm³/mol. The summed E-state index contributed by atoms with van der Waals surface area (Å²) < 4.78 is 13.0. The Morgan fingerprint density at radius 3 is 2.44 bits per heavy atom. The monoisotopic (exact) mass is 235 g/mol. The fraction of sp³-hybridized carbons (Fsp3) is 0.0769. The van der Waals surface area contributed by atoms with Gasteiger partial charge in [-0.15, -0.1) is 0 Å². The molecule has 0 aliphatic heterocycles. The van der Waals surface area contributed by atoms with E-state index in [1.165, 1.54) is 12.1 Å². The standard InChI is InChI=1S/C13H11ClFN/c14-11-3-1-9(2-4-11)7-10-8-12(15)5-6-13(10)16/h1-6,8H,7,16H2. The molecular weight excluding hydrogens is 225 g/mol. The van der Waals surface area contributed by atoms with Crippen LogP contribution in [0.15, 0.2) is 42.5 Å². The van der Waals surface area contributed by atoms with E-state index >= 15 is 0 Å². The van der Waals surface area contributed by atoms with E-state index in [9.17, 15) is 4.39 Å². The third-order valence-electron chi connectivity index (χ3n) is 2.41. The van der Waals surface area contributed by atoms with Crippen molar-refractivity contribution in [3.63, 3.8) is 0 Å². The van der Waals surface area contributed by atoms with Crippen LogP contribution in [0.4, 0.5) is 10.1 Å². The number of hydrogen-bond acceptors (Lipinski definition) is 1. The highest BCUT2D eigenvalue weighted by atomic mass is 35.5. The number of nitrogens with two attached hydrogens (primary N) is 1. The van der Waals surface area contributed by atoms with Gasteiger partial charge >= 0.3 is 0 Å². The highest BCUT2D eigenvalue weighted by molar-refractivity contribution is 6.30. The van der Waals surface area contributed by atoms with Crippen molar-refractivity contribution >= 4 is 17.3 Å². The summed E-state index contributed by atoms with van der Waals surface area (Å²) in [5.74, 6) is -0.266. The maximum Gasteiger partial charge on any atom is 0.123 e. The maximum absolute atomic E-state index is 13.0. The first-order valence-corrected chi connectivity index (χ1v) is 5.31. The third kappa shape index (κ3) is 2.52. The first kappa shape index (κ1) is 11.0. The molecule has 0 aromatic heterocycles. The van der Waals surface area contributed by atoms with Gasteiger partial charge in [-0.05, 0) is 47.9 Å². The van der Waals surface area contributed by atoms with E-state index in [4.69, 9.17) is 17.3 Å². The lowest BCUT2D eigenvalue weighted by atomic mass is 10.0. The molecule has 0 aliphatic carbocycles. The Balaban J connectivity index is 2.26. The number of anilines is 1. The van der Waals surface area contributed by atoms with Crippen LogP contribution in [0.3, 0.4) is 0 Å². The van der Waals surface area contributed by atoms with Crippen LogP contribution < -0.4 is 5.73 Å². The lowest BCUT2D eigenvalue weighted by Crippen LogP contribution is -1.96. The molecule has 3 heteroatoms. The number of rotatable bonds is 2. The Hall–Kier alpha value is -1.54. The molecule has 0 spiro atoms. The smallest absolute Gasteiger partial charge is 0.123 e. The molecule has 0 heterocycles. The van der Waals surface area contributed by atoms with Gasteiger partial charge in [-0.1, -0.05) is 23.7 Å². The summed E-state index contributed by atoms with van der Waals surface area (Å²) >= 11 is 5.79. The quantitative estimate of drug-likeness (QED) is 0.790. The van der Waals surface area contributed by atoms with Gasteiger partial charge in [0.15, 0.2) is 0 Å². The molecule has 0 atom stereocenters. The molecule has 0 aliphatic rings. The van der Waals surface area contributed by atoms with Gasteiger partial charge in [0.1, 0.15) is 5.82 Å². The normalized spacial score (nSPS) is 10.4. The van der Waals surface area contributed by atoms with Crippen LogP contribution in [0.5, 0.6) is 0 Å². The number of benzene rings is 2. The molecule has 0 saturated carbocycles. The molecule has 16 heavy (non-hydrogen) atoms. The number of hydrogen-bond donors (Lipinski definition) is 1. The van der Waals surface area contributed by atoms with Crippen LogP contribution in [0.1, 0.15) is 11.1 Å². The van der Waals surface area contributed by atoms with Crippen LogP contribution >= 0.6 is 11.6 Å². The van der Waals surface area contributed by atoms with Crippen LogP contribution in [0, 0.1) is 5.82 Å². The fourth-order valence-corrected chi connectivity index (χ4v) is 1.68. The average molecular weight is 236 g/mol. The highest BCUT2D eigenvalue weighted by Gasteiger charge is 2.02. The largest absolute Gasteiger partial charge is 0.398 e. The Morgan fingerprint density at radius 2 is 1.75 bits per heavy atom. The van der Waals surface area contributed by atoms with E-state index in [2.05, 4.69) is 0 Å². The third-order valence-corrected chi connectivity index (χ3v) is 2.66. The molecule has 2 aromatic carbocycles. The predicted octanol–water partition coefficient (Wildman–Crippen LogP) is 3.65. The maximum atomic E-state index is 13.0. The summed E-state index contributed by atoms with van der Waals surface area (Å²) in [4.78, 5) is 0. The van der Waals surface area contributed by atoms with Crippen molar-refractivity contribution in [2.24, 2.45) is 0 Å². The van der Waals surface area contributed by atoms with Crippen molar-refractivity contribution in [2.75, 3.05) is 5.73 Å². The van der Waals surface area contributed by atoms with Crippen LogP contribution in [0.2, 0.25) is 5.02 Å². The summed E-state index contributed by atoms with van der Waals surface area (Å²) in [6.07, 6.45) is 0.612. The molecule has 2 N–H and O–H groups in total.